The van der Waals surface area contributed by atoms with Gasteiger partial charge in [0.2, 0.25) is 10.0 Å². The Labute approximate surface area is 172 Å². The molecule has 7 heteroatoms. The highest BCUT2D eigenvalue weighted by Gasteiger charge is 2.25. The van der Waals surface area contributed by atoms with Crippen molar-refractivity contribution in [2.24, 2.45) is 0 Å². The Balaban J connectivity index is 1.69. The molecule has 1 N–H and O–H groups in total. The number of benzene rings is 2. The SMILES string of the molecule is CC(C)Oc1cccc(C(=O)Nc2ccc(S(=O)(=O)N3CCCCCC3)cc2)c1. The number of ether oxygens (including phenoxy) is 1. The van der Waals surface area contributed by atoms with Crippen molar-refractivity contribution in [1.82, 2.24) is 4.31 Å². The molecular weight excluding hydrogens is 388 g/mol. The van der Waals surface area contributed by atoms with E-state index in [4.69, 9.17) is 4.74 Å². The highest BCUT2D eigenvalue weighted by atomic mass is 32.2. The number of amides is 1. The van der Waals surface area contributed by atoms with E-state index in [0.717, 1.165) is 25.7 Å². The predicted molar refractivity (Wildman–Crippen MR) is 114 cm³/mol. The summed E-state index contributed by atoms with van der Waals surface area (Å²) in [5.41, 5.74) is 1.02. The Kier molecular flexibility index (Phi) is 6.92. The molecule has 0 unspecified atom stereocenters. The van der Waals surface area contributed by atoms with Crippen LogP contribution in [0.3, 0.4) is 0 Å². The Bertz CT molecular complexity index is 932. The molecule has 0 spiro atoms. The van der Waals surface area contributed by atoms with Crippen LogP contribution in [0.5, 0.6) is 5.75 Å². The Morgan fingerprint density at radius 3 is 2.28 bits per heavy atom. The topological polar surface area (TPSA) is 75.7 Å². The monoisotopic (exact) mass is 416 g/mol. The van der Waals surface area contributed by atoms with Crippen molar-refractivity contribution in [2.75, 3.05) is 18.4 Å². The van der Waals surface area contributed by atoms with Gasteiger partial charge in [-0.3, -0.25) is 4.79 Å². The molecule has 1 amide bonds. The number of hydrogen-bond acceptors (Lipinski definition) is 4. The molecule has 1 heterocycles. The minimum atomic E-state index is -3.50. The van der Waals surface area contributed by atoms with Crippen LogP contribution in [0.2, 0.25) is 0 Å². The second-order valence-corrected chi connectivity index (χ2v) is 9.43. The Morgan fingerprint density at radius 2 is 1.66 bits per heavy atom. The van der Waals surface area contributed by atoms with Crippen LogP contribution >= 0.6 is 0 Å². The average molecular weight is 417 g/mol. The van der Waals surface area contributed by atoms with Gasteiger partial charge in [-0.1, -0.05) is 18.9 Å². The van der Waals surface area contributed by atoms with Crippen LogP contribution in [0.1, 0.15) is 49.9 Å². The summed E-state index contributed by atoms with van der Waals surface area (Å²) in [6.45, 7) is 4.98. The molecule has 2 aromatic rings. The van der Waals surface area contributed by atoms with E-state index in [2.05, 4.69) is 5.32 Å². The molecule has 3 rings (SSSR count). The molecule has 0 radical (unpaired) electrons. The van der Waals surface area contributed by atoms with Gasteiger partial charge in [-0.25, -0.2) is 8.42 Å². The zero-order valence-electron chi connectivity index (χ0n) is 16.9. The summed E-state index contributed by atoms with van der Waals surface area (Å²) in [5, 5.41) is 2.80. The maximum atomic E-state index is 12.8. The molecule has 0 aromatic heterocycles. The summed E-state index contributed by atoms with van der Waals surface area (Å²) < 4.78 is 32.9. The summed E-state index contributed by atoms with van der Waals surface area (Å²) in [6, 6.07) is 13.3. The van der Waals surface area contributed by atoms with E-state index in [9.17, 15) is 13.2 Å². The van der Waals surface area contributed by atoms with E-state index in [-0.39, 0.29) is 16.9 Å². The normalized spacial score (nSPS) is 15.7. The predicted octanol–water partition coefficient (Wildman–Crippen LogP) is 4.29. The van der Waals surface area contributed by atoms with Gasteiger partial charge in [0.1, 0.15) is 5.75 Å². The fourth-order valence-corrected chi connectivity index (χ4v) is 4.84. The van der Waals surface area contributed by atoms with Crippen LogP contribution < -0.4 is 10.1 Å². The van der Waals surface area contributed by atoms with E-state index in [1.54, 1.807) is 52.8 Å². The maximum absolute atomic E-state index is 12.8. The summed E-state index contributed by atoms with van der Waals surface area (Å²) in [6.07, 6.45) is 3.95. The molecule has 1 saturated heterocycles. The van der Waals surface area contributed by atoms with Crippen molar-refractivity contribution >= 4 is 21.6 Å². The van der Waals surface area contributed by atoms with Crippen molar-refractivity contribution in [2.45, 2.75) is 50.5 Å². The van der Waals surface area contributed by atoms with Crippen molar-refractivity contribution < 1.29 is 17.9 Å². The summed E-state index contributed by atoms with van der Waals surface area (Å²) in [4.78, 5) is 12.8. The summed E-state index contributed by atoms with van der Waals surface area (Å²) in [5.74, 6) is 0.355. The molecule has 156 valence electrons. The largest absolute Gasteiger partial charge is 0.491 e. The van der Waals surface area contributed by atoms with Gasteiger partial charge in [-0.05, 0) is 69.2 Å². The number of sulfonamides is 1. The third-order valence-electron chi connectivity index (χ3n) is 4.78. The molecule has 0 atom stereocenters. The zero-order valence-corrected chi connectivity index (χ0v) is 17.7. The lowest BCUT2D eigenvalue weighted by Gasteiger charge is -2.20. The molecule has 29 heavy (non-hydrogen) atoms. The van der Waals surface area contributed by atoms with Gasteiger partial charge in [0, 0.05) is 24.3 Å². The first-order valence-electron chi connectivity index (χ1n) is 10.0. The van der Waals surface area contributed by atoms with E-state index in [1.165, 1.54) is 0 Å². The van der Waals surface area contributed by atoms with Gasteiger partial charge in [0.05, 0.1) is 11.0 Å². The highest BCUT2D eigenvalue weighted by molar-refractivity contribution is 7.89. The average Bonchev–Trinajstić information content (AvgIpc) is 2.98. The Hall–Kier alpha value is -2.38. The van der Waals surface area contributed by atoms with Crippen molar-refractivity contribution in [3.8, 4) is 5.75 Å². The van der Waals surface area contributed by atoms with Gasteiger partial charge < -0.3 is 10.1 Å². The molecular formula is C22H28N2O4S. The van der Waals surface area contributed by atoms with Crippen molar-refractivity contribution in [1.29, 1.82) is 0 Å². The van der Waals surface area contributed by atoms with E-state index >= 15 is 0 Å². The number of anilines is 1. The van der Waals surface area contributed by atoms with Crippen LogP contribution in [0.4, 0.5) is 5.69 Å². The van der Waals surface area contributed by atoms with Crippen LogP contribution in [-0.4, -0.2) is 37.8 Å². The fraction of sp³-hybridized carbons (Fsp3) is 0.409. The molecule has 1 fully saturated rings. The molecule has 6 nitrogen and oxygen atoms in total. The molecule has 0 saturated carbocycles. The number of carbonyl (C=O) groups is 1. The smallest absolute Gasteiger partial charge is 0.255 e. The van der Waals surface area contributed by atoms with Crippen molar-refractivity contribution in [3.63, 3.8) is 0 Å². The van der Waals surface area contributed by atoms with E-state index in [1.807, 2.05) is 13.8 Å². The lowest BCUT2D eigenvalue weighted by atomic mass is 10.2. The van der Waals surface area contributed by atoms with Crippen LogP contribution in [0.25, 0.3) is 0 Å². The first kappa shape index (κ1) is 21.3. The number of rotatable bonds is 6. The quantitative estimate of drug-likeness (QED) is 0.762. The van der Waals surface area contributed by atoms with Gasteiger partial charge in [0.15, 0.2) is 0 Å². The molecule has 1 aliphatic rings. The van der Waals surface area contributed by atoms with Gasteiger partial charge in [-0.15, -0.1) is 0 Å². The minimum Gasteiger partial charge on any atom is -0.491 e. The Morgan fingerprint density at radius 1 is 1.00 bits per heavy atom. The number of carbonyl (C=O) groups excluding carboxylic acids is 1. The summed E-state index contributed by atoms with van der Waals surface area (Å²) in [7, 11) is -3.50. The molecule has 2 aromatic carbocycles. The molecule has 0 bridgehead atoms. The van der Waals surface area contributed by atoms with Crippen LogP contribution in [-0.2, 0) is 10.0 Å². The third kappa shape index (κ3) is 5.58. The van der Waals surface area contributed by atoms with Gasteiger partial charge in [0.25, 0.3) is 5.91 Å². The van der Waals surface area contributed by atoms with Crippen LogP contribution in [0.15, 0.2) is 53.4 Å². The van der Waals surface area contributed by atoms with Crippen LogP contribution in [0, 0.1) is 0 Å². The van der Waals surface area contributed by atoms with Crippen molar-refractivity contribution in [3.05, 3.63) is 54.1 Å². The molecule has 0 aliphatic carbocycles. The summed E-state index contributed by atoms with van der Waals surface area (Å²) >= 11 is 0. The number of hydrogen-bond donors (Lipinski definition) is 1. The first-order chi connectivity index (χ1) is 13.9. The number of nitrogens with one attached hydrogen (secondary N) is 1. The third-order valence-corrected chi connectivity index (χ3v) is 6.70. The van der Waals surface area contributed by atoms with Gasteiger partial charge >= 0.3 is 0 Å². The first-order valence-corrected chi connectivity index (χ1v) is 11.5. The maximum Gasteiger partial charge on any atom is 0.255 e. The minimum absolute atomic E-state index is 0.0204. The number of nitrogens with zero attached hydrogens (tertiary/aromatic N) is 1. The lowest BCUT2D eigenvalue weighted by Crippen LogP contribution is -2.31. The highest BCUT2D eigenvalue weighted by Crippen LogP contribution is 2.22. The van der Waals surface area contributed by atoms with Gasteiger partial charge in [-0.2, -0.15) is 4.31 Å². The second kappa shape index (κ2) is 9.41. The lowest BCUT2D eigenvalue weighted by molar-refractivity contribution is 0.102. The second-order valence-electron chi connectivity index (χ2n) is 7.49. The standard InChI is InChI=1S/C22H28N2O4S/c1-17(2)28-20-9-7-8-18(16-20)22(25)23-19-10-12-21(13-11-19)29(26,27)24-14-5-3-4-6-15-24/h7-13,16-17H,3-6,14-15H2,1-2H3,(H,23,25). The fourth-order valence-electron chi connectivity index (χ4n) is 3.33. The van der Waals surface area contributed by atoms with E-state index in [0.29, 0.717) is 30.1 Å². The molecule has 1 aliphatic heterocycles. The van der Waals surface area contributed by atoms with E-state index < -0.39 is 10.0 Å². The zero-order chi connectivity index (χ0) is 20.9.